The number of sulfone groups is 1. The molecule has 0 bridgehead atoms. The fourth-order valence-electron chi connectivity index (χ4n) is 1.41. The van der Waals surface area contributed by atoms with E-state index in [-0.39, 0.29) is 0 Å². The maximum absolute atomic E-state index is 11.0. The van der Waals surface area contributed by atoms with Gasteiger partial charge >= 0.3 is 0 Å². The van der Waals surface area contributed by atoms with Crippen LogP contribution >= 0.6 is 0 Å². The highest BCUT2D eigenvalue weighted by atomic mass is 32.2. The van der Waals surface area contributed by atoms with Crippen molar-refractivity contribution in [2.24, 2.45) is 0 Å². The second-order valence-electron chi connectivity index (χ2n) is 3.94. The average Bonchev–Trinajstić information content (AvgIpc) is 2.37. The number of hydrogen-bond acceptors (Lipinski definition) is 3. The first-order valence-electron chi connectivity index (χ1n) is 5.59. The molecule has 2 aromatic carbocycles. The van der Waals surface area contributed by atoms with Crippen LogP contribution in [0, 0.1) is 11.2 Å². The third-order valence-corrected chi connectivity index (χ3v) is 2.67. The predicted molar refractivity (Wildman–Crippen MR) is 74.7 cm³/mol. The molecule has 0 saturated carbocycles. The standard InChI is InChI=1S/C15H12O3S/c1-19(16,17)11-10-13-6-5-9-15(12-13)18-14-7-3-2-4-8-14/h2-9,12H,1H3. The molecule has 0 unspecified atom stereocenters. The van der Waals surface area contributed by atoms with Crippen molar-refractivity contribution in [2.75, 3.05) is 6.26 Å². The van der Waals surface area contributed by atoms with Gasteiger partial charge in [0.2, 0.25) is 9.84 Å². The molecule has 2 rings (SSSR count). The summed E-state index contributed by atoms with van der Waals surface area (Å²) >= 11 is 0. The van der Waals surface area contributed by atoms with Gasteiger partial charge in [-0.2, -0.15) is 0 Å². The summed E-state index contributed by atoms with van der Waals surface area (Å²) in [5.41, 5.74) is 0.596. The summed E-state index contributed by atoms with van der Waals surface area (Å²) in [4.78, 5) is 0. The van der Waals surface area contributed by atoms with E-state index in [0.29, 0.717) is 11.3 Å². The van der Waals surface area contributed by atoms with Crippen LogP contribution in [0.4, 0.5) is 0 Å². The van der Waals surface area contributed by atoms with Gasteiger partial charge in [0.25, 0.3) is 0 Å². The Hall–Kier alpha value is -2.25. The molecule has 0 aliphatic carbocycles. The average molecular weight is 272 g/mol. The molecule has 0 aromatic heterocycles. The lowest BCUT2D eigenvalue weighted by molar-refractivity contribution is 0.482. The minimum absolute atomic E-state index is 0.596. The summed E-state index contributed by atoms with van der Waals surface area (Å²) in [6.45, 7) is 0. The Morgan fingerprint density at radius 2 is 1.63 bits per heavy atom. The maximum atomic E-state index is 11.0. The highest BCUT2D eigenvalue weighted by molar-refractivity contribution is 7.95. The molecule has 4 heteroatoms. The summed E-state index contributed by atoms with van der Waals surface area (Å²) < 4.78 is 27.6. The minimum atomic E-state index is -3.30. The quantitative estimate of drug-likeness (QED) is 0.790. The summed E-state index contributed by atoms with van der Waals surface area (Å²) in [5, 5.41) is 2.20. The van der Waals surface area contributed by atoms with E-state index in [1.54, 1.807) is 24.3 Å². The second-order valence-corrected chi connectivity index (χ2v) is 5.69. The Bertz CT molecular complexity index is 723. The van der Waals surface area contributed by atoms with Gasteiger partial charge in [0.15, 0.2) is 0 Å². The van der Waals surface area contributed by atoms with Gasteiger partial charge < -0.3 is 4.74 Å². The number of ether oxygens (including phenoxy) is 1. The van der Waals surface area contributed by atoms with E-state index in [4.69, 9.17) is 4.74 Å². The lowest BCUT2D eigenvalue weighted by Crippen LogP contribution is -1.89. The molecule has 0 saturated heterocycles. The second kappa shape index (κ2) is 5.59. The molecule has 0 fully saturated rings. The Morgan fingerprint density at radius 1 is 0.947 bits per heavy atom. The van der Waals surface area contributed by atoms with Crippen molar-refractivity contribution in [1.82, 2.24) is 0 Å². The van der Waals surface area contributed by atoms with Crippen molar-refractivity contribution in [3.8, 4) is 22.7 Å². The number of para-hydroxylation sites is 1. The third-order valence-electron chi connectivity index (χ3n) is 2.19. The van der Waals surface area contributed by atoms with Crippen LogP contribution in [0.15, 0.2) is 54.6 Å². The Labute approximate surface area is 112 Å². The Balaban J connectivity index is 2.22. The van der Waals surface area contributed by atoms with Crippen LogP contribution in [-0.4, -0.2) is 14.7 Å². The van der Waals surface area contributed by atoms with Gasteiger partial charge in [0, 0.05) is 10.8 Å². The Kier molecular flexibility index (Phi) is 3.88. The zero-order valence-electron chi connectivity index (χ0n) is 10.3. The zero-order valence-corrected chi connectivity index (χ0v) is 11.1. The fraction of sp³-hybridized carbons (Fsp3) is 0.0667. The molecule has 0 amide bonds. The van der Waals surface area contributed by atoms with Crippen LogP contribution < -0.4 is 4.74 Å². The van der Waals surface area contributed by atoms with Crippen LogP contribution in [-0.2, 0) is 9.84 Å². The fourth-order valence-corrected chi connectivity index (χ4v) is 1.72. The van der Waals surface area contributed by atoms with Gasteiger partial charge in [0.05, 0.1) is 6.26 Å². The van der Waals surface area contributed by atoms with Gasteiger partial charge in [-0.05, 0) is 36.3 Å². The molecular formula is C15H12O3S. The first-order chi connectivity index (χ1) is 9.03. The number of benzene rings is 2. The van der Waals surface area contributed by atoms with E-state index in [2.05, 4.69) is 11.2 Å². The highest BCUT2D eigenvalue weighted by Crippen LogP contribution is 2.21. The number of rotatable bonds is 2. The molecule has 19 heavy (non-hydrogen) atoms. The van der Waals surface area contributed by atoms with E-state index >= 15 is 0 Å². The molecule has 0 radical (unpaired) electrons. The summed E-state index contributed by atoms with van der Waals surface area (Å²) in [6.07, 6.45) is 1.07. The summed E-state index contributed by atoms with van der Waals surface area (Å²) in [5.74, 6) is 3.93. The van der Waals surface area contributed by atoms with Gasteiger partial charge in [-0.3, -0.25) is 0 Å². The topological polar surface area (TPSA) is 43.4 Å². The minimum Gasteiger partial charge on any atom is -0.457 e. The van der Waals surface area contributed by atoms with Crippen LogP contribution in [0.25, 0.3) is 0 Å². The van der Waals surface area contributed by atoms with Crippen molar-refractivity contribution in [2.45, 2.75) is 0 Å². The van der Waals surface area contributed by atoms with Gasteiger partial charge in [-0.25, -0.2) is 8.42 Å². The predicted octanol–water partition coefficient (Wildman–Crippen LogP) is 2.83. The van der Waals surface area contributed by atoms with Gasteiger partial charge in [-0.15, -0.1) is 0 Å². The molecule has 0 heterocycles. The number of hydrogen-bond donors (Lipinski definition) is 0. The smallest absolute Gasteiger partial charge is 0.214 e. The van der Waals surface area contributed by atoms with Crippen molar-refractivity contribution >= 4 is 9.84 Å². The molecule has 2 aromatic rings. The molecule has 0 aliphatic heterocycles. The lowest BCUT2D eigenvalue weighted by Gasteiger charge is -2.05. The highest BCUT2D eigenvalue weighted by Gasteiger charge is 1.98. The van der Waals surface area contributed by atoms with Crippen molar-refractivity contribution in [1.29, 1.82) is 0 Å². The van der Waals surface area contributed by atoms with E-state index in [1.807, 2.05) is 30.3 Å². The lowest BCUT2D eigenvalue weighted by atomic mass is 10.2. The van der Waals surface area contributed by atoms with Crippen LogP contribution in [0.3, 0.4) is 0 Å². The Morgan fingerprint density at radius 3 is 2.32 bits per heavy atom. The normalized spacial score (nSPS) is 10.4. The van der Waals surface area contributed by atoms with E-state index in [9.17, 15) is 8.42 Å². The van der Waals surface area contributed by atoms with Crippen LogP contribution in [0.1, 0.15) is 5.56 Å². The third kappa shape index (κ3) is 4.49. The monoisotopic (exact) mass is 272 g/mol. The molecule has 96 valence electrons. The van der Waals surface area contributed by atoms with Gasteiger partial charge in [-0.1, -0.05) is 24.3 Å². The first-order valence-corrected chi connectivity index (χ1v) is 7.48. The van der Waals surface area contributed by atoms with Crippen molar-refractivity contribution < 1.29 is 13.2 Å². The first kappa shape index (κ1) is 13.2. The molecule has 0 N–H and O–H groups in total. The summed E-state index contributed by atoms with van der Waals surface area (Å²) in [7, 11) is -3.30. The van der Waals surface area contributed by atoms with Crippen LogP contribution in [0.5, 0.6) is 11.5 Å². The van der Waals surface area contributed by atoms with E-state index in [1.165, 1.54) is 0 Å². The van der Waals surface area contributed by atoms with E-state index in [0.717, 1.165) is 12.0 Å². The van der Waals surface area contributed by atoms with Gasteiger partial charge in [0.1, 0.15) is 11.5 Å². The molecule has 0 atom stereocenters. The van der Waals surface area contributed by atoms with E-state index < -0.39 is 9.84 Å². The zero-order chi connectivity index (χ0) is 13.7. The SMILES string of the molecule is CS(=O)(=O)C#Cc1cccc(Oc2ccccc2)c1. The molecule has 3 nitrogen and oxygen atoms in total. The maximum Gasteiger partial charge on any atom is 0.214 e. The van der Waals surface area contributed by atoms with Crippen molar-refractivity contribution in [3.63, 3.8) is 0 Å². The largest absolute Gasteiger partial charge is 0.457 e. The molecular weight excluding hydrogens is 260 g/mol. The van der Waals surface area contributed by atoms with Crippen LogP contribution in [0.2, 0.25) is 0 Å². The molecule has 0 aliphatic rings. The summed E-state index contributed by atoms with van der Waals surface area (Å²) in [6, 6.07) is 16.3. The molecule has 0 spiro atoms. The van der Waals surface area contributed by atoms with Crippen molar-refractivity contribution in [3.05, 3.63) is 60.2 Å².